The van der Waals surface area contributed by atoms with Crippen molar-refractivity contribution in [2.24, 2.45) is 11.8 Å². The van der Waals surface area contributed by atoms with Crippen LogP contribution in [0.3, 0.4) is 0 Å². The molecule has 1 N–H and O–H groups in total. The SMILES string of the molecule is CC1CCCCC1CNCc1ccn(-c2ccccc2)n1. The predicted octanol–water partition coefficient (Wildman–Crippen LogP) is 3.79. The number of nitrogens with one attached hydrogen (secondary N) is 1. The smallest absolute Gasteiger partial charge is 0.0766 e. The summed E-state index contributed by atoms with van der Waals surface area (Å²) in [7, 11) is 0. The Morgan fingerprint density at radius 3 is 2.76 bits per heavy atom. The first-order chi connectivity index (χ1) is 10.3. The number of hydrogen-bond acceptors (Lipinski definition) is 2. The zero-order chi connectivity index (χ0) is 14.5. The second-order valence-corrected chi connectivity index (χ2v) is 6.24. The molecule has 0 radical (unpaired) electrons. The second kappa shape index (κ2) is 6.90. The Labute approximate surface area is 127 Å². The summed E-state index contributed by atoms with van der Waals surface area (Å²) in [6.45, 7) is 4.39. The highest BCUT2D eigenvalue weighted by molar-refractivity contribution is 5.30. The van der Waals surface area contributed by atoms with E-state index in [9.17, 15) is 0 Å². The van der Waals surface area contributed by atoms with E-state index in [0.717, 1.165) is 36.3 Å². The molecule has 1 aliphatic carbocycles. The average molecular weight is 283 g/mol. The van der Waals surface area contributed by atoms with Gasteiger partial charge in [-0.05, 0) is 43.0 Å². The summed E-state index contributed by atoms with van der Waals surface area (Å²) in [5.74, 6) is 1.71. The monoisotopic (exact) mass is 283 g/mol. The molecule has 3 heteroatoms. The third-order valence-corrected chi connectivity index (χ3v) is 4.67. The van der Waals surface area contributed by atoms with Crippen LogP contribution in [-0.4, -0.2) is 16.3 Å². The lowest BCUT2D eigenvalue weighted by Crippen LogP contribution is -2.29. The van der Waals surface area contributed by atoms with Crippen LogP contribution in [0, 0.1) is 11.8 Å². The standard InChI is InChI=1S/C18H25N3/c1-15-7-5-6-8-16(15)13-19-14-17-11-12-21(20-17)18-9-3-2-4-10-18/h2-4,9-12,15-16,19H,5-8,13-14H2,1H3. The molecule has 1 saturated carbocycles. The molecule has 0 aliphatic heterocycles. The van der Waals surface area contributed by atoms with Crippen LogP contribution in [0.15, 0.2) is 42.6 Å². The summed E-state index contributed by atoms with van der Waals surface area (Å²) < 4.78 is 1.94. The molecule has 21 heavy (non-hydrogen) atoms. The van der Waals surface area contributed by atoms with E-state index in [1.807, 2.05) is 29.1 Å². The van der Waals surface area contributed by atoms with Gasteiger partial charge in [-0.25, -0.2) is 4.68 Å². The van der Waals surface area contributed by atoms with Crippen LogP contribution in [-0.2, 0) is 6.54 Å². The van der Waals surface area contributed by atoms with Gasteiger partial charge in [-0.1, -0.05) is 44.4 Å². The first-order valence-corrected chi connectivity index (χ1v) is 8.13. The van der Waals surface area contributed by atoms with Gasteiger partial charge in [0.05, 0.1) is 11.4 Å². The molecule has 1 aliphatic rings. The van der Waals surface area contributed by atoms with E-state index in [1.54, 1.807) is 0 Å². The summed E-state index contributed by atoms with van der Waals surface area (Å²) in [4.78, 5) is 0. The van der Waals surface area contributed by atoms with Crippen molar-refractivity contribution in [1.29, 1.82) is 0 Å². The molecule has 1 aromatic carbocycles. The topological polar surface area (TPSA) is 29.9 Å². The third-order valence-electron chi connectivity index (χ3n) is 4.67. The highest BCUT2D eigenvalue weighted by atomic mass is 15.3. The van der Waals surface area contributed by atoms with Crippen molar-refractivity contribution in [3.63, 3.8) is 0 Å². The fourth-order valence-corrected chi connectivity index (χ4v) is 3.26. The molecule has 2 aromatic rings. The molecule has 2 atom stereocenters. The lowest BCUT2D eigenvalue weighted by Gasteiger charge is -2.28. The van der Waals surface area contributed by atoms with Gasteiger partial charge in [0, 0.05) is 12.7 Å². The van der Waals surface area contributed by atoms with Gasteiger partial charge in [-0.15, -0.1) is 0 Å². The molecule has 0 bridgehead atoms. The van der Waals surface area contributed by atoms with Crippen molar-refractivity contribution >= 4 is 0 Å². The summed E-state index contributed by atoms with van der Waals surface area (Å²) >= 11 is 0. The largest absolute Gasteiger partial charge is 0.311 e. The molecular weight excluding hydrogens is 258 g/mol. The van der Waals surface area contributed by atoms with Crippen molar-refractivity contribution < 1.29 is 0 Å². The normalized spacial score (nSPS) is 22.3. The third kappa shape index (κ3) is 3.73. The highest BCUT2D eigenvalue weighted by Gasteiger charge is 2.20. The molecule has 0 saturated heterocycles. The van der Waals surface area contributed by atoms with Crippen molar-refractivity contribution in [2.45, 2.75) is 39.2 Å². The molecule has 0 amide bonds. The van der Waals surface area contributed by atoms with Crippen molar-refractivity contribution in [1.82, 2.24) is 15.1 Å². The fraction of sp³-hybridized carbons (Fsp3) is 0.500. The highest BCUT2D eigenvalue weighted by Crippen LogP contribution is 2.28. The summed E-state index contributed by atoms with van der Waals surface area (Å²) in [5.41, 5.74) is 2.23. The van der Waals surface area contributed by atoms with E-state index in [-0.39, 0.29) is 0 Å². The van der Waals surface area contributed by atoms with Crippen LogP contribution >= 0.6 is 0 Å². The molecular formula is C18H25N3. The van der Waals surface area contributed by atoms with Gasteiger partial charge < -0.3 is 5.32 Å². The lowest BCUT2D eigenvalue weighted by atomic mass is 9.80. The van der Waals surface area contributed by atoms with E-state index < -0.39 is 0 Å². The maximum absolute atomic E-state index is 4.64. The summed E-state index contributed by atoms with van der Waals surface area (Å²) in [6.07, 6.45) is 7.63. The van der Waals surface area contributed by atoms with Crippen LogP contribution in [0.25, 0.3) is 5.69 Å². The van der Waals surface area contributed by atoms with Gasteiger partial charge >= 0.3 is 0 Å². The van der Waals surface area contributed by atoms with Gasteiger partial charge in [-0.3, -0.25) is 0 Å². The Bertz CT molecular complexity index is 547. The number of rotatable bonds is 5. The van der Waals surface area contributed by atoms with Crippen molar-refractivity contribution in [2.75, 3.05) is 6.54 Å². The Morgan fingerprint density at radius 2 is 1.95 bits per heavy atom. The first-order valence-electron chi connectivity index (χ1n) is 8.13. The molecule has 1 aromatic heterocycles. The van der Waals surface area contributed by atoms with Gasteiger partial charge in [0.2, 0.25) is 0 Å². The van der Waals surface area contributed by atoms with E-state index in [2.05, 4.69) is 35.5 Å². The summed E-state index contributed by atoms with van der Waals surface area (Å²) in [5, 5.41) is 8.23. The number of para-hydroxylation sites is 1. The van der Waals surface area contributed by atoms with Crippen molar-refractivity contribution in [3.05, 3.63) is 48.3 Å². The van der Waals surface area contributed by atoms with Crippen LogP contribution in [0.1, 0.15) is 38.3 Å². The Morgan fingerprint density at radius 1 is 1.14 bits per heavy atom. The molecule has 2 unspecified atom stereocenters. The van der Waals surface area contributed by atoms with E-state index in [0.29, 0.717) is 0 Å². The maximum atomic E-state index is 4.64. The predicted molar refractivity (Wildman–Crippen MR) is 86.4 cm³/mol. The summed E-state index contributed by atoms with van der Waals surface area (Å²) in [6, 6.07) is 12.4. The van der Waals surface area contributed by atoms with Crippen LogP contribution in [0.2, 0.25) is 0 Å². The maximum Gasteiger partial charge on any atom is 0.0766 e. The zero-order valence-corrected chi connectivity index (χ0v) is 12.8. The fourth-order valence-electron chi connectivity index (χ4n) is 3.26. The number of hydrogen-bond donors (Lipinski definition) is 1. The molecule has 112 valence electrons. The quantitative estimate of drug-likeness (QED) is 0.905. The molecule has 3 rings (SSSR count). The van der Waals surface area contributed by atoms with E-state index in [4.69, 9.17) is 0 Å². The van der Waals surface area contributed by atoms with Gasteiger partial charge in [0.25, 0.3) is 0 Å². The molecule has 1 heterocycles. The lowest BCUT2D eigenvalue weighted by molar-refractivity contribution is 0.247. The Hall–Kier alpha value is -1.61. The van der Waals surface area contributed by atoms with Gasteiger partial charge in [-0.2, -0.15) is 5.10 Å². The zero-order valence-electron chi connectivity index (χ0n) is 12.8. The number of nitrogens with zero attached hydrogens (tertiary/aromatic N) is 2. The van der Waals surface area contributed by atoms with E-state index >= 15 is 0 Å². The van der Waals surface area contributed by atoms with Crippen LogP contribution in [0.5, 0.6) is 0 Å². The van der Waals surface area contributed by atoms with Gasteiger partial charge in [0.1, 0.15) is 0 Å². The number of benzene rings is 1. The van der Waals surface area contributed by atoms with E-state index in [1.165, 1.54) is 25.7 Å². The van der Waals surface area contributed by atoms with Gasteiger partial charge in [0.15, 0.2) is 0 Å². The Kier molecular flexibility index (Phi) is 4.71. The van der Waals surface area contributed by atoms with Crippen LogP contribution in [0.4, 0.5) is 0 Å². The minimum atomic E-state index is 0.843. The first kappa shape index (κ1) is 14.3. The minimum Gasteiger partial charge on any atom is -0.311 e. The van der Waals surface area contributed by atoms with Crippen LogP contribution < -0.4 is 5.32 Å². The molecule has 0 spiro atoms. The van der Waals surface area contributed by atoms with Crippen molar-refractivity contribution in [3.8, 4) is 5.69 Å². The molecule has 1 fully saturated rings. The second-order valence-electron chi connectivity index (χ2n) is 6.24. The average Bonchev–Trinajstić information content (AvgIpc) is 2.99. The molecule has 3 nitrogen and oxygen atoms in total. The Balaban J connectivity index is 1.51. The number of aromatic nitrogens is 2. The minimum absolute atomic E-state index is 0.843.